The molecule has 0 saturated heterocycles. The Morgan fingerprint density at radius 3 is 2.42 bits per heavy atom. The molecule has 3 heterocycles. The molecule has 4 nitrogen and oxygen atoms in total. The molecule has 170 valence electrons. The number of hydrogen-bond donors (Lipinski definition) is 0. The highest BCUT2D eigenvalue weighted by molar-refractivity contribution is 6.10. The number of pyridine rings is 2. The first-order valence-corrected chi connectivity index (χ1v) is 11.9. The Kier molecular flexibility index (Phi) is 4.74. The summed E-state index contributed by atoms with van der Waals surface area (Å²) >= 11 is 0. The van der Waals surface area contributed by atoms with Gasteiger partial charge in [0, 0.05) is 45.7 Å². The minimum absolute atomic E-state index is 0.571. The summed E-state index contributed by atoms with van der Waals surface area (Å²) in [6, 6.07) is 41.3. The van der Waals surface area contributed by atoms with Crippen LogP contribution in [0.1, 0.15) is 0 Å². The molecule has 4 aromatic carbocycles. The molecule has 0 saturated carbocycles. The first kappa shape index (κ1) is 20.4. The number of para-hydroxylation sites is 2. The average Bonchev–Trinajstić information content (AvgIpc) is 3.27. The summed E-state index contributed by atoms with van der Waals surface area (Å²) in [5, 5.41) is 3.55. The molecule has 36 heavy (non-hydrogen) atoms. The first-order valence-electron chi connectivity index (χ1n) is 11.9. The minimum atomic E-state index is 0.571. The van der Waals surface area contributed by atoms with Crippen LogP contribution in [0.15, 0.2) is 128 Å². The lowest BCUT2D eigenvalue weighted by atomic mass is 10.1. The van der Waals surface area contributed by atoms with Crippen molar-refractivity contribution in [3.05, 3.63) is 128 Å². The van der Waals surface area contributed by atoms with Crippen molar-refractivity contribution in [3.8, 4) is 28.6 Å². The molecule has 0 amide bonds. The van der Waals surface area contributed by atoms with Gasteiger partial charge in [-0.25, -0.2) is 9.97 Å². The number of aromatic nitrogens is 3. The number of nitrogens with zero attached hydrogens (tertiary/aromatic N) is 3. The maximum Gasteiger partial charge on any atom is 0.219 e. The van der Waals surface area contributed by atoms with Gasteiger partial charge in [0.1, 0.15) is 5.75 Å². The molecule has 0 radical (unpaired) electrons. The largest absolute Gasteiger partial charge is 0.439 e. The standard InChI is InChI=1S/C32H21N3O/c1-3-12-28-22(8-1)16-18-29(34-28)23-15-17-27-26-11-2-4-13-30(26)35(31(27)20-23)24-9-7-10-25(21-24)36-32-14-5-6-19-33-32/h1-21H. The van der Waals surface area contributed by atoms with Gasteiger partial charge in [0.25, 0.3) is 0 Å². The number of ether oxygens (including phenoxy) is 1. The summed E-state index contributed by atoms with van der Waals surface area (Å²) in [6.07, 6.45) is 1.73. The van der Waals surface area contributed by atoms with Crippen LogP contribution in [0.25, 0.3) is 49.7 Å². The summed E-state index contributed by atoms with van der Waals surface area (Å²) in [5.41, 5.74) is 6.33. The van der Waals surface area contributed by atoms with Gasteiger partial charge in [-0.15, -0.1) is 0 Å². The van der Waals surface area contributed by atoms with Crippen molar-refractivity contribution < 1.29 is 4.74 Å². The smallest absolute Gasteiger partial charge is 0.219 e. The zero-order chi connectivity index (χ0) is 23.9. The van der Waals surface area contributed by atoms with E-state index in [1.54, 1.807) is 6.20 Å². The molecular weight excluding hydrogens is 442 g/mol. The monoisotopic (exact) mass is 463 g/mol. The zero-order valence-electron chi connectivity index (χ0n) is 19.4. The highest BCUT2D eigenvalue weighted by Gasteiger charge is 2.14. The summed E-state index contributed by atoms with van der Waals surface area (Å²) in [6.45, 7) is 0. The van der Waals surface area contributed by atoms with Gasteiger partial charge in [-0.3, -0.25) is 0 Å². The predicted octanol–water partition coefficient (Wildman–Crippen LogP) is 8.19. The molecule has 0 fully saturated rings. The number of fused-ring (bicyclic) bond motifs is 4. The lowest BCUT2D eigenvalue weighted by molar-refractivity contribution is 0.463. The van der Waals surface area contributed by atoms with Crippen molar-refractivity contribution in [2.24, 2.45) is 0 Å². The van der Waals surface area contributed by atoms with E-state index in [0.717, 1.165) is 44.6 Å². The Hall–Kier alpha value is -4.96. The fraction of sp³-hybridized carbons (Fsp3) is 0. The van der Waals surface area contributed by atoms with Gasteiger partial charge in [-0.2, -0.15) is 0 Å². The van der Waals surface area contributed by atoms with Gasteiger partial charge in [-0.05, 0) is 42.5 Å². The van der Waals surface area contributed by atoms with E-state index >= 15 is 0 Å². The highest BCUT2D eigenvalue weighted by Crippen LogP contribution is 2.35. The summed E-state index contributed by atoms with van der Waals surface area (Å²) in [4.78, 5) is 9.23. The molecule has 0 bridgehead atoms. The summed E-state index contributed by atoms with van der Waals surface area (Å²) in [5.74, 6) is 1.31. The molecule has 0 aliphatic rings. The Morgan fingerprint density at radius 2 is 1.47 bits per heavy atom. The summed E-state index contributed by atoms with van der Waals surface area (Å²) < 4.78 is 8.33. The van der Waals surface area contributed by atoms with Gasteiger partial charge >= 0.3 is 0 Å². The maximum absolute atomic E-state index is 6.04. The van der Waals surface area contributed by atoms with Crippen molar-refractivity contribution in [2.45, 2.75) is 0 Å². The van der Waals surface area contributed by atoms with Crippen LogP contribution in [0.2, 0.25) is 0 Å². The second-order valence-corrected chi connectivity index (χ2v) is 8.74. The predicted molar refractivity (Wildman–Crippen MR) is 146 cm³/mol. The molecule has 0 spiro atoms. The van der Waals surface area contributed by atoms with E-state index in [9.17, 15) is 0 Å². The first-order chi connectivity index (χ1) is 17.8. The van der Waals surface area contributed by atoms with Gasteiger partial charge in [-0.1, -0.05) is 66.7 Å². The molecule has 7 aromatic rings. The van der Waals surface area contributed by atoms with Crippen LogP contribution < -0.4 is 4.74 Å². The molecule has 0 atom stereocenters. The van der Waals surface area contributed by atoms with E-state index < -0.39 is 0 Å². The Morgan fingerprint density at radius 1 is 0.611 bits per heavy atom. The molecule has 4 heteroatoms. The van der Waals surface area contributed by atoms with Gasteiger partial charge in [0.2, 0.25) is 5.88 Å². The second-order valence-electron chi connectivity index (χ2n) is 8.74. The van der Waals surface area contributed by atoms with Crippen molar-refractivity contribution >= 4 is 32.7 Å². The topological polar surface area (TPSA) is 39.9 Å². The highest BCUT2D eigenvalue weighted by atomic mass is 16.5. The van der Waals surface area contributed by atoms with E-state index in [4.69, 9.17) is 9.72 Å². The molecule has 3 aromatic heterocycles. The number of benzene rings is 4. The van der Waals surface area contributed by atoms with E-state index in [1.165, 1.54) is 10.8 Å². The molecule has 0 aliphatic carbocycles. The van der Waals surface area contributed by atoms with Crippen LogP contribution in [0.4, 0.5) is 0 Å². The second kappa shape index (κ2) is 8.36. The lowest BCUT2D eigenvalue weighted by Gasteiger charge is -2.11. The third kappa shape index (κ3) is 3.48. The Balaban J connectivity index is 1.41. The van der Waals surface area contributed by atoms with E-state index in [-0.39, 0.29) is 0 Å². The number of rotatable bonds is 4. The van der Waals surface area contributed by atoms with Crippen LogP contribution in [0.5, 0.6) is 11.6 Å². The maximum atomic E-state index is 6.04. The lowest BCUT2D eigenvalue weighted by Crippen LogP contribution is -1.95. The molecule has 0 unspecified atom stereocenters. The molecule has 0 aliphatic heterocycles. The fourth-order valence-corrected chi connectivity index (χ4v) is 4.85. The van der Waals surface area contributed by atoms with Gasteiger partial charge < -0.3 is 9.30 Å². The van der Waals surface area contributed by atoms with Crippen molar-refractivity contribution in [3.63, 3.8) is 0 Å². The van der Waals surface area contributed by atoms with E-state index in [1.807, 2.05) is 42.5 Å². The van der Waals surface area contributed by atoms with Crippen LogP contribution in [0.3, 0.4) is 0 Å². The van der Waals surface area contributed by atoms with Crippen LogP contribution in [-0.2, 0) is 0 Å². The zero-order valence-corrected chi connectivity index (χ0v) is 19.4. The SMILES string of the molecule is c1ccc(Oc2cccc(-n3c4ccccc4c4ccc(-c5ccc6ccccc6n5)cc43)c2)nc1. The van der Waals surface area contributed by atoms with Crippen LogP contribution in [-0.4, -0.2) is 14.5 Å². The molecule has 0 N–H and O–H groups in total. The van der Waals surface area contributed by atoms with E-state index in [0.29, 0.717) is 5.88 Å². The van der Waals surface area contributed by atoms with Crippen molar-refractivity contribution in [1.29, 1.82) is 0 Å². The third-order valence-corrected chi connectivity index (χ3v) is 6.50. The van der Waals surface area contributed by atoms with Crippen molar-refractivity contribution in [2.75, 3.05) is 0 Å². The van der Waals surface area contributed by atoms with E-state index in [2.05, 4.69) is 88.4 Å². The van der Waals surface area contributed by atoms with Crippen LogP contribution in [0, 0.1) is 0 Å². The Labute approximate surface area is 208 Å². The normalized spacial score (nSPS) is 11.3. The Bertz CT molecular complexity index is 1870. The quantitative estimate of drug-likeness (QED) is 0.264. The molecule has 7 rings (SSSR count). The van der Waals surface area contributed by atoms with Gasteiger partial charge in [0.15, 0.2) is 0 Å². The molecular formula is C32H21N3O. The van der Waals surface area contributed by atoms with Crippen molar-refractivity contribution in [1.82, 2.24) is 14.5 Å². The number of hydrogen-bond acceptors (Lipinski definition) is 3. The average molecular weight is 464 g/mol. The third-order valence-electron chi connectivity index (χ3n) is 6.50. The summed E-state index contributed by atoms with van der Waals surface area (Å²) in [7, 11) is 0. The fourth-order valence-electron chi connectivity index (χ4n) is 4.85. The van der Waals surface area contributed by atoms with Crippen LogP contribution >= 0.6 is 0 Å². The minimum Gasteiger partial charge on any atom is -0.439 e. The van der Waals surface area contributed by atoms with Gasteiger partial charge in [0.05, 0.1) is 22.2 Å².